The Balaban J connectivity index is 2.08. The molecule has 1 saturated heterocycles. The predicted molar refractivity (Wildman–Crippen MR) is 47.1 cm³/mol. The molecule has 0 radical (unpaired) electrons. The summed E-state index contributed by atoms with van der Waals surface area (Å²) in [6.07, 6.45) is 5.66. The summed E-state index contributed by atoms with van der Waals surface area (Å²) in [4.78, 5) is 6.47. The van der Waals surface area contributed by atoms with Crippen molar-refractivity contribution in [2.75, 3.05) is 18.0 Å². The van der Waals surface area contributed by atoms with Gasteiger partial charge in [0, 0.05) is 20.1 Å². The van der Waals surface area contributed by atoms with Crippen molar-refractivity contribution in [3.63, 3.8) is 0 Å². The number of hydrogen-bond acceptors (Lipinski definition) is 3. The number of anilines is 1. The van der Waals surface area contributed by atoms with Gasteiger partial charge in [-0.25, -0.2) is 4.98 Å². The maximum Gasteiger partial charge on any atom is 0.244 e. The van der Waals surface area contributed by atoms with Crippen LogP contribution in [0.25, 0.3) is 0 Å². The molecule has 12 heavy (non-hydrogen) atoms. The number of nitrogens with zero attached hydrogens (tertiary/aromatic N) is 4. The van der Waals surface area contributed by atoms with Gasteiger partial charge in [0.25, 0.3) is 0 Å². The third-order valence-electron chi connectivity index (χ3n) is 2.23. The van der Waals surface area contributed by atoms with Crippen LogP contribution in [0.4, 0.5) is 5.95 Å². The summed E-state index contributed by atoms with van der Waals surface area (Å²) >= 11 is 0. The smallest absolute Gasteiger partial charge is 0.244 e. The van der Waals surface area contributed by atoms with Crippen LogP contribution in [0.2, 0.25) is 0 Å². The maximum atomic E-state index is 4.27. The molecular formula is C8H14N4. The van der Waals surface area contributed by atoms with Crippen molar-refractivity contribution in [3.8, 4) is 0 Å². The number of rotatable bonds is 1. The molecular weight excluding hydrogens is 152 g/mol. The molecule has 4 nitrogen and oxygen atoms in total. The van der Waals surface area contributed by atoms with Crippen LogP contribution in [0.5, 0.6) is 0 Å². The Labute approximate surface area is 72.2 Å². The van der Waals surface area contributed by atoms with Crippen LogP contribution >= 0.6 is 0 Å². The zero-order valence-electron chi connectivity index (χ0n) is 7.40. The molecule has 2 rings (SSSR count). The fourth-order valence-electron chi connectivity index (χ4n) is 1.57. The van der Waals surface area contributed by atoms with Gasteiger partial charge in [-0.3, -0.25) is 4.68 Å². The van der Waals surface area contributed by atoms with Crippen LogP contribution in [0, 0.1) is 0 Å². The fourth-order valence-corrected chi connectivity index (χ4v) is 1.57. The minimum Gasteiger partial charge on any atom is -0.340 e. The average Bonchev–Trinajstić information content (AvgIpc) is 2.54. The molecule has 66 valence electrons. The van der Waals surface area contributed by atoms with Crippen molar-refractivity contribution < 1.29 is 0 Å². The first-order chi connectivity index (χ1) is 5.86. The molecule has 2 heterocycles. The molecule has 0 unspecified atom stereocenters. The predicted octanol–water partition coefficient (Wildman–Crippen LogP) is 0.805. The fraction of sp³-hybridized carbons (Fsp3) is 0.750. The van der Waals surface area contributed by atoms with E-state index in [9.17, 15) is 0 Å². The van der Waals surface area contributed by atoms with Gasteiger partial charge in [-0.15, -0.1) is 5.10 Å². The largest absolute Gasteiger partial charge is 0.340 e. The highest BCUT2D eigenvalue weighted by atomic mass is 15.4. The lowest BCUT2D eigenvalue weighted by molar-refractivity contribution is 0.566. The molecule has 1 aromatic heterocycles. The summed E-state index contributed by atoms with van der Waals surface area (Å²) in [6, 6.07) is 0. The van der Waals surface area contributed by atoms with E-state index in [1.54, 1.807) is 11.0 Å². The van der Waals surface area contributed by atoms with Gasteiger partial charge in [-0.2, -0.15) is 0 Å². The molecule has 0 atom stereocenters. The molecule has 0 spiro atoms. The summed E-state index contributed by atoms with van der Waals surface area (Å²) in [5.74, 6) is 0.886. The van der Waals surface area contributed by atoms with E-state index >= 15 is 0 Å². The molecule has 1 aliphatic rings. The van der Waals surface area contributed by atoms with Crippen molar-refractivity contribution >= 4 is 5.95 Å². The lowest BCUT2D eigenvalue weighted by Crippen LogP contribution is -2.30. The van der Waals surface area contributed by atoms with Gasteiger partial charge in [-0.1, -0.05) is 0 Å². The van der Waals surface area contributed by atoms with E-state index in [0.29, 0.717) is 0 Å². The first-order valence-corrected chi connectivity index (χ1v) is 4.47. The molecule has 1 aromatic rings. The Morgan fingerprint density at radius 3 is 2.58 bits per heavy atom. The summed E-state index contributed by atoms with van der Waals surface area (Å²) < 4.78 is 1.75. The highest BCUT2D eigenvalue weighted by Gasteiger charge is 2.13. The Kier molecular flexibility index (Phi) is 1.98. The standard InChI is InChI=1S/C8H14N4/c1-11-7-9-8(10-11)12-5-3-2-4-6-12/h7H,2-6H2,1H3. The number of piperidine rings is 1. The van der Waals surface area contributed by atoms with Crippen LogP contribution in [-0.2, 0) is 7.05 Å². The molecule has 1 fully saturated rings. The van der Waals surface area contributed by atoms with Crippen molar-refractivity contribution in [1.82, 2.24) is 14.8 Å². The van der Waals surface area contributed by atoms with Crippen LogP contribution < -0.4 is 4.90 Å². The van der Waals surface area contributed by atoms with Crippen molar-refractivity contribution in [3.05, 3.63) is 6.33 Å². The molecule has 0 aliphatic carbocycles. The quantitative estimate of drug-likeness (QED) is 0.619. The van der Waals surface area contributed by atoms with Gasteiger partial charge in [0.15, 0.2) is 0 Å². The molecule has 4 heteroatoms. The third kappa shape index (κ3) is 1.42. The lowest BCUT2D eigenvalue weighted by atomic mass is 10.1. The summed E-state index contributed by atoms with van der Waals surface area (Å²) in [7, 11) is 1.90. The second kappa shape index (κ2) is 3.13. The molecule has 0 bridgehead atoms. The van der Waals surface area contributed by atoms with E-state index in [1.165, 1.54) is 19.3 Å². The SMILES string of the molecule is Cn1cnc(N2CCCCC2)n1. The Morgan fingerprint density at radius 2 is 2.00 bits per heavy atom. The second-order valence-electron chi connectivity index (χ2n) is 3.27. The van der Waals surface area contributed by atoms with E-state index in [0.717, 1.165) is 19.0 Å². The van der Waals surface area contributed by atoms with E-state index in [2.05, 4.69) is 15.0 Å². The van der Waals surface area contributed by atoms with E-state index in [1.807, 2.05) is 7.05 Å². The Bertz CT molecular complexity index is 249. The van der Waals surface area contributed by atoms with Gasteiger partial charge in [0.1, 0.15) is 6.33 Å². The van der Waals surface area contributed by atoms with Gasteiger partial charge in [0.05, 0.1) is 0 Å². The number of aryl methyl sites for hydroxylation is 1. The topological polar surface area (TPSA) is 34.0 Å². The zero-order chi connectivity index (χ0) is 8.39. The average molecular weight is 166 g/mol. The van der Waals surface area contributed by atoms with Gasteiger partial charge < -0.3 is 4.90 Å². The maximum absolute atomic E-state index is 4.27. The molecule has 0 N–H and O–H groups in total. The van der Waals surface area contributed by atoms with Crippen LogP contribution in [0.1, 0.15) is 19.3 Å². The minimum atomic E-state index is 0.886. The first kappa shape index (κ1) is 7.58. The highest BCUT2D eigenvalue weighted by molar-refractivity contribution is 5.27. The molecule has 0 amide bonds. The zero-order valence-corrected chi connectivity index (χ0v) is 7.40. The van der Waals surface area contributed by atoms with Crippen LogP contribution in [0.15, 0.2) is 6.33 Å². The van der Waals surface area contributed by atoms with Crippen LogP contribution in [-0.4, -0.2) is 27.9 Å². The molecule has 0 aromatic carbocycles. The number of aromatic nitrogens is 3. The Morgan fingerprint density at radius 1 is 1.25 bits per heavy atom. The van der Waals surface area contributed by atoms with E-state index in [4.69, 9.17) is 0 Å². The van der Waals surface area contributed by atoms with Crippen molar-refractivity contribution in [2.24, 2.45) is 7.05 Å². The monoisotopic (exact) mass is 166 g/mol. The van der Waals surface area contributed by atoms with Gasteiger partial charge in [-0.05, 0) is 19.3 Å². The summed E-state index contributed by atoms with van der Waals surface area (Å²) in [5, 5.41) is 4.27. The van der Waals surface area contributed by atoms with Crippen molar-refractivity contribution in [1.29, 1.82) is 0 Å². The summed E-state index contributed by atoms with van der Waals surface area (Å²) in [5.41, 5.74) is 0. The third-order valence-corrected chi connectivity index (χ3v) is 2.23. The van der Waals surface area contributed by atoms with Gasteiger partial charge >= 0.3 is 0 Å². The molecule has 0 saturated carbocycles. The Hall–Kier alpha value is -1.06. The lowest BCUT2D eigenvalue weighted by Gasteiger charge is -2.24. The highest BCUT2D eigenvalue weighted by Crippen LogP contribution is 2.13. The van der Waals surface area contributed by atoms with E-state index < -0.39 is 0 Å². The normalized spacial score (nSPS) is 18.2. The second-order valence-corrected chi connectivity index (χ2v) is 3.27. The van der Waals surface area contributed by atoms with Gasteiger partial charge in [0.2, 0.25) is 5.95 Å². The van der Waals surface area contributed by atoms with Crippen LogP contribution in [0.3, 0.4) is 0 Å². The summed E-state index contributed by atoms with van der Waals surface area (Å²) in [6.45, 7) is 2.23. The van der Waals surface area contributed by atoms with E-state index in [-0.39, 0.29) is 0 Å². The number of hydrogen-bond donors (Lipinski definition) is 0. The van der Waals surface area contributed by atoms with Crippen molar-refractivity contribution in [2.45, 2.75) is 19.3 Å². The minimum absolute atomic E-state index is 0.886. The molecule has 1 aliphatic heterocycles. The first-order valence-electron chi connectivity index (χ1n) is 4.47.